The molecule has 2 aromatic rings. The van der Waals surface area contributed by atoms with Crippen LogP contribution in [0.2, 0.25) is 0 Å². The van der Waals surface area contributed by atoms with Gasteiger partial charge in [0, 0.05) is 24.6 Å². The fraction of sp³-hybridized carbons (Fsp3) is 0.481. The van der Waals surface area contributed by atoms with Gasteiger partial charge in [-0.2, -0.15) is 0 Å². The van der Waals surface area contributed by atoms with Crippen LogP contribution in [-0.2, 0) is 27.2 Å². The third-order valence-corrected chi connectivity index (χ3v) is 5.77. The monoisotopic (exact) mass is 502 g/mol. The van der Waals surface area contributed by atoms with Gasteiger partial charge in [-0.25, -0.2) is 0 Å². The molecule has 0 heterocycles. The highest BCUT2D eigenvalue weighted by atomic mass is 79.9. The minimum atomic E-state index is -0.151. The second-order valence-corrected chi connectivity index (χ2v) is 9.03. The Morgan fingerprint density at radius 2 is 1.75 bits per heavy atom. The summed E-state index contributed by atoms with van der Waals surface area (Å²) >= 11 is 3.63. The van der Waals surface area contributed by atoms with Gasteiger partial charge in [0.15, 0.2) is 0 Å². The van der Waals surface area contributed by atoms with E-state index in [0.29, 0.717) is 12.5 Å². The van der Waals surface area contributed by atoms with Gasteiger partial charge in [-0.1, -0.05) is 59.1 Å². The van der Waals surface area contributed by atoms with Crippen molar-refractivity contribution in [2.24, 2.45) is 11.8 Å². The largest absolute Gasteiger partial charge is 0.489 e. The molecule has 0 N–H and O–H groups in total. The van der Waals surface area contributed by atoms with E-state index >= 15 is 0 Å². The fourth-order valence-corrected chi connectivity index (χ4v) is 4.36. The highest BCUT2D eigenvalue weighted by molar-refractivity contribution is 9.10. The SMILES string of the molecule is CC#C[C@H](C)[C@@H](OCOC)[C@H](C[C@H](C)Cc1cc(Br)cc(OCc2ccccc2)c1)OC. The maximum absolute atomic E-state index is 6.03. The number of hydrogen-bond donors (Lipinski definition) is 0. The zero-order chi connectivity index (χ0) is 23.3. The van der Waals surface area contributed by atoms with Gasteiger partial charge >= 0.3 is 0 Å². The zero-order valence-electron chi connectivity index (χ0n) is 19.8. The third-order valence-electron chi connectivity index (χ3n) is 5.31. The highest BCUT2D eigenvalue weighted by Gasteiger charge is 2.28. The van der Waals surface area contributed by atoms with Gasteiger partial charge in [0.25, 0.3) is 0 Å². The van der Waals surface area contributed by atoms with Gasteiger partial charge in [0.05, 0.1) is 12.2 Å². The van der Waals surface area contributed by atoms with E-state index in [-0.39, 0.29) is 24.9 Å². The van der Waals surface area contributed by atoms with Gasteiger partial charge in [0.2, 0.25) is 0 Å². The van der Waals surface area contributed by atoms with Crippen LogP contribution in [0, 0.1) is 23.7 Å². The van der Waals surface area contributed by atoms with Crippen LogP contribution in [-0.4, -0.2) is 33.2 Å². The van der Waals surface area contributed by atoms with Crippen LogP contribution in [0.4, 0.5) is 0 Å². The van der Waals surface area contributed by atoms with Crippen LogP contribution in [0.1, 0.15) is 38.3 Å². The van der Waals surface area contributed by atoms with Gasteiger partial charge in [0.1, 0.15) is 19.1 Å². The van der Waals surface area contributed by atoms with E-state index in [9.17, 15) is 0 Å². The fourth-order valence-electron chi connectivity index (χ4n) is 3.84. The Morgan fingerprint density at radius 1 is 1.00 bits per heavy atom. The number of halogens is 1. The summed E-state index contributed by atoms with van der Waals surface area (Å²) in [5, 5.41) is 0. The molecule has 32 heavy (non-hydrogen) atoms. The lowest BCUT2D eigenvalue weighted by Crippen LogP contribution is -2.37. The van der Waals surface area contributed by atoms with Crippen LogP contribution in [0.15, 0.2) is 53.0 Å². The Bertz CT molecular complexity index is 859. The molecule has 0 fully saturated rings. The number of ether oxygens (including phenoxy) is 4. The molecule has 2 aromatic carbocycles. The van der Waals surface area contributed by atoms with Crippen molar-refractivity contribution in [3.8, 4) is 17.6 Å². The van der Waals surface area contributed by atoms with Crippen LogP contribution < -0.4 is 4.74 Å². The predicted molar refractivity (Wildman–Crippen MR) is 133 cm³/mol. The van der Waals surface area contributed by atoms with Crippen molar-refractivity contribution >= 4 is 15.9 Å². The van der Waals surface area contributed by atoms with Crippen LogP contribution in [0.5, 0.6) is 5.75 Å². The first kappa shape index (κ1) is 26.4. The van der Waals surface area contributed by atoms with Gasteiger partial charge in [-0.15, -0.1) is 5.92 Å². The Balaban J connectivity index is 2.03. The lowest BCUT2D eigenvalue weighted by atomic mass is 9.89. The topological polar surface area (TPSA) is 36.9 Å². The molecule has 0 radical (unpaired) electrons. The number of hydrogen-bond acceptors (Lipinski definition) is 4. The first-order valence-electron chi connectivity index (χ1n) is 11.0. The highest BCUT2D eigenvalue weighted by Crippen LogP contribution is 2.27. The van der Waals surface area contributed by atoms with Gasteiger partial charge < -0.3 is 18.9 Å². The van der Waals surface area contributed by atoms with Crippen molar-refractivity contribution in [3.63, 3.8) is 0 Å². The molecule has 0 spiro atoms. The van der Waals surface area contributed by atoms with Crippen LogP contribution in [0.3, 0.4) is 0 Å². The first-order valence-corrected chi connectivity index (χ1v) is 11.8. The summed E-state index contributed by atoms with van der Waals surface area (Å²) in [5.74, 6) is 7.48. The molecule has 5 heteroatoms. The number of benzene rings is 2. The summed E-state index contributed by atoms with van der Waals surface area (Å²) < 4.78 is 24.0. The van der Waals surface area contributed by atoms with Crippen molar-refractivity contribution in [2.75, 3.05) is 21.0 Å². The first-order chi connectivity index (χ1) is 15.5. The second-order valence-electron chi connectivity index (χ2n) is 8.11. The summed E-state index contributed by atoms with van der Waals surface area (Å²) in [7, 11) is 3.36. The smallest absolute Gasteiger partial charge is 0.146 e. The molecule has 4 nitrogen and oxygen atoms in total. The molecular weight excluding hydrogens is 468 g/mol. The Kier molecular flexibility index (Phi) is 11.8. The zero-order valence-corrected chi connectivity index (χ0v) is 21.4. The van der Waals surface area contributed by atoms with Crippen molar-refractivity contribution in [1.82, 2.24) is 0 Å². The van der Waals surface area contributed by atoms with Crippen molar-refractivity contribution < 1.29 is 18.9 Å². The van der Waals surface area contributed by atoms with Crippen molar-refractivity contribution in [2.45, 2.75) is 52.4 Å². The van der Waals surface area contributed by atoms with E-state index in [1.165, 1.54) is 5.56 Å². The normalized spacial score (nSPS) is 14.7. The van der Waals surface area contributed by atoms with Gasteiger partial charge in [-0.3, -0.25) is 0 Å². The maximum atomic E-state index is 6.03. The number of methoxy groups -OCH3 is 2. The molecule has 0 aliphatic carbocycles. The molecule has 0 aliphatic rings. The second kappa shape index (κ2) is 14.3. The van der Waals surface area contributed by atoms with Crippen LogP contribution in [0.25, 0.3) is 0 Å². The van der Waals surface area contributed by atoms with E-state index in [4.69, 9.17) is 18.9 Å². The van der Waals surface area contributed by atoms with E-state index in [2.05, 4.69) is 65.9 Å². The standard InChI is InChI=1S/C27H35BrO4/c1-6-10-21(3)27(32-19-29-4)26(30-5)14-20(2)13-23-15-24(28)17-25(16-23)31-18-22-11-8-7-9-12-22/h7-9,11-12,15-17,20-21,26-27H,13-14,18-19H2,1-5H3/t20-,21+,26+,27-/m1/s1. The summed E-state index contributed by atoms with van der Waals surface area (Å²) in [6.45, 7) is 6.92. The van der Waals surface area contributed by atoms with E-state index in [0.717, 1.165) is 28.6 Å². The minimum Gasteiger partial charge on any atom is -0.489 e. The lowest BCUT2D eigenvalue weighted by molar-refractivity contribution is -0.135. The summed E-state index contributed by atoms with van der Waals surface area (Å²) in [6, 6.07) is 16.5. The predicted octanol–water partition coefficient (Wildman–Crippen LogP) is 6.26. The molecule has 0 aliphatic heterocycles. The number of rotatable bonds is 13. The summed E-state index contributed by atoms with van der Waals surface area (Å²) in [5.41, 5.74) is 2.37. The summed E-state index contributed by atoms with van der Waals surface area (Å²) in [6.07, 6.45) is 1.54. The van der Waals surface area contributed by atoms with Crippen molar-refractivity contribution in [1.29, 1.82) is 0 Å². The van der Waals surface area contributed by atoms with Crippen LogP contribution >= 0.6 is 15.9 Å². The van der Waals surface area contributed by atoms with E-state index in [1.807, 2.05) is 31.2 Å². The Morgan fingerprint density at radius 3 is 2.41 bits per heavy atom. The average Bonchev–Trinajstić information content (AvgIpc) is 2.77. The van der Waals surface area contributed by atoms with Gasteiger partial charge in [-0.05, 0) is 61.9 Å². The molecule has 0 saturated heterocycles. The quantitative estimate of drug-likeness (QED) is 0.239. The van der Waals surface area contributed by atoms with Crippen molar-refractivity contribution in [3.05, 3.63) is 64.1 Å². The molecule has 0 amide bonds. The molecule has 0 unspecified atom stereocenters. The van der Waals surface area contributed by atoms with E-state index in [1.54, 1.807) is 14.2 Å². The lowest BCUT2D eigenvalue weighted by Gasteiger charge is -2.30. The van der Waals surface area contributed by atoms with E-state index < -0.39 is 0 Å². The minimum absolute atomic E-state index is 0.0520. The maximum Gasteiger partial charge on any atom is 0.146 e. The molecule has 4 atom stereocenters. The molecule has 2 rings (SSSR count). The Hall–Kier alpha value is -1.84. The Labute approximate surface area is 201 Å². The third kappa shape index (κ3) is 8.96. The summed E-state index contributed by atoms with van der Waals surface area (Å²) in [4.78, 5) is 0. The molecule has 0 aromatic heterocycles. The molecule has 0 saturated carbocycles. The molecule has 0 bridgehead atoms. The average molecular weight is 503 g/mol. The molecule has 174 valence electrons. The molecular formula is C27H35BrO4.